The van der Waals surface area contributed by atoms with Crippen LogP contribution in [0.3, 0.4) is 0 Å². The van der Waals surface area contributed by atoms with Crippen molar-refractivity contribution in [2.24, 2.45) is 0 Å². The van der Waals surface area contributed by atoms with Crippen molar-refractivity contribution in [1.82, 2.24) is 0 Å². The lowest BCUT2D eigenvalue weighted by atomic mass is 10.0. The van der Waals surface area contributed by atoms with Crippen molar-refractivity contribution >= 4 is 28.9 Å². The van der Waals surface area contributed by atoms with Gasteiger partial charge in [0.25, 0.3) is 0 Å². The van der Waals surface area contributed by atoms with Gasteiger partial charge in [0.2, 0.25) is 0 Å². The van der Waals surface area contributed by atoms with Gasteiger partial charge in [-0.25, -0.2) is 0 Å². The topological polar surface area (TPSA) is 12.0 Å². The number of nitrogens with one attached hydrogen (secondary N) is 1. The Morgan fingerprint density at radius 3 is 2.32 bits per heavy atom. The van der Waals surface area contributed by atoms with Crippen LogP contribution in [-0.4, -0.2) is 0 Å². The molecule has 3 heteroatoms. The van der Waals surface area contributed by atoms with E-state index >= 15 is 0 Å². The minimum Gasteiger partial charge on any atom is -0.381 e. The first-order valence-corrected chi connectivity index (χ1v) is 7.09. The van der Waals surface area contributed by atoms with E-state index in [2.05, 4.69) is 43.4 Å². The van der Waals surface area contributed by atoms with Crippen LogP contribution in [0.5, 0.6) is 0 Å². The first-order chi connectivity index (χ1) is 9.04. The molecule has 0 spiro atoms. The second-order valence-electron chi connectivity index (χ2n) is 4.91. The van der Waals surface area contributed by atoms with Gasteiger partial charge in [0.15, 0.2) is 0 Å². The predicted molar refractivity (Wildman–Crippen MR) is 84.3 cm³/mol. The van der Waals surface area contributed by atoms with Crippen molar-refractivity contribution in [1.29, 1.82) is 0 Å². The van der Waals surface area contributed by atoms with E-state index in [0.717, 1.165) is 11.3 Å². The fourth-order valence-electron chi connectivity index (χ4n) is 1.92. The summed E-state index contributed by atoms with van der Waals surface area (Å²) < 4.78 is 0. The second kappa shape index (κ2) is 6.31. The van der Waals surface area contributed by atoms with Gasteiger partial charge in [0, 0.05) is 22.3 Å². The Hall–Kier alpha value is -1.18. The van der Waals surface area contributed by atoms with E-state index in [1.54, 1.807) is 6.07 Å². The normalized spacial score (nSPS) is 10.8. The average Bonchev–Trinajstić information content (AvgIpc) is 2.35. The standard InChI is InChI=1S/C16H17Cl2N/c1-11(2)13-4-3-5-16(8-13)19-10-12-6-14(17)9-15(18)7-12/h3-9,11,19H,10H2,1-2H3. The molecule has 2 aromatic carbocycles. The molecule has 19 heavy (non-hydrogen) atoms. The smallest absolute Gasteiger partial charge is 0.0424 e. The number of benzene rings is 2. The molecule has 0 saturated heterocycles. The highest BCUT2D eigenvalue weighted by molar-refractivity contribution is 6.34. The lowest BCUT2D eigenvalue weighted by Gasteiger charge is -2.11. The maximum atomic E-state index is 5.99. The second-order valence-corrected chi connectivity index (χ2v) is 5.78. The largest absolute Gasteiger partial charge is 0.381 e. The minimum atomic E-state index is 0.530. The zero-order valence-electron chi connectivity index (χ0n) is 11.1. The van der Waals surface area contributed by atoms with Crippen LogP contribution in [0.25, 0.3) is 0 Å². The van der Waals surface area contributed by atoms with Gasteiger partial charge in [-0.15, -0.1) is 0 Å². The number of halogens is 2. The van der Waals surface area contributed by atoms with Crippen LogP contribution in [0.15, 0.2) is 42.5 Å². The zero-order chi connectivity index (χ0) is 13.8. The molecular weight excluding hydrogens is 277 g/mol. The highest BCUT2D eigenvalue weighted by Gasteiger charge is 2.01. The highest BCUT2D eigenvalue weighted by atomic mass is 35.5. The number of hydrogen-bond acceptors (Lipinski definition) is 1. The molecule has 0 aromatic heterocycles. The molecule has 0 aliphatic rings. The number of hydrogen-bond donors (Lipinski definition) is 1. The molecule has 0 aliphatic carbocycles. The van der Waals surface area contributed by atoms with Gasteiger partial charge < -0.3 is 5.32 Å². The van der Waals surface area contributed by atoms with Gasteiger partial charge in [0.05, 0.1) is 0 Å². The van der Waals surface area contributed by atoms with E-state index in [1.165, 1.54) is 5.56 Å². The first kappa shape index (κ1) is 14.2. The Morgan fingerprint density at radius 1 is 1.00 bits per heavy atom. The molecule has 1 nitrogen and oxygen atoms in total. The van der Waals surface area contributed by atoms with E-state index in [9.17, 15) is 0 Å². The summed E-state index contributed by atoms with van der Waals surface area (Å²) in [7, 11) is 0. The van der Waals surface area contributed by atoms with Crippen LogP contribution < -0.4 is 5.32 Å². The molecular formula is C16H17Cl2N. The molecule has 2 aromatic rings. The first-order valence-electron chi connectivity index (χ1n) is 6.33. The average molecular weight is 294 g/mol. The van der Waals surface area contributed by atoms with Crippen molar-refractivity contribution < 1.29 is 0 Å². The Labute approximate surface area is 124 Å². The molecule has 0 radical (unpaired) electrons. The van der Waals surface area contributed by atoms with Crippen molar-refractivity contribution in [3.63, 3.8) is 0 Å². The molecule has 0 fully saturated rings. The molecule has 0 heterocycles. The minimum absolute atomic E-state index is 0.530. The SMILES string of the molecule is CC(C)c1cccc(NCc2cc(Cl)cc(Cl)c2)c1. The molecule has 2 rings (SSSR count). The van der Waals surface area contributed by atoms with Crippen LogP contribution in [0.1, 0.15) is 30.9 Å². The van der Waals surface area contributed by atoms with E-state index in [4.69, 9.17) is 23.2 Å². The molecule has 0 aliphatic heterocycles. The summed E-state index contributed by atoms with van der Waals surface area (Å²) in [5.74, 6) is 0.530. The zero-order valence-corrected chi connectivity index (χ0v) is 12.6. The lowest BCUT2D eigenvalue weighted by Crippen LogP contribution is -2.00. The Balaban J connectivity index is 2.07. The Kier molecular flexibility index (Phi) is 4.73. The molecule has 0 atom stereocenters. The lowest BCUT2D eigenvalue weighted by molar-refractivity contribution is 0.866. The van der Waals surface area contributed by atoms with Gasteiger partial charge in [-0.3, -0.25) is 0 Å². The van der Waals surface area contributed by atoms with Crippen molar-refractivity contribution in [2.45, 2.75) is 26.3 Å². The van der Waals surface area contributed by atoms with Crippen LogP contribution in [0, 0.1) is 0 Å². The third kappa shape index (κ3) is 4.15. The summed E-state index contributed by atoms with van der Waals surface area (Å²) in [6.45, 7) is 5.09. The Bertz CT molecular complexity index is 544. The van der Waals surface area contributed by atoms with Gasteiger partial charge in [-0.1, -0.05) is 49.2 Å². The third-order valence-corrected chi connectivity index (χ3v) is 3.41. The van der Waals surface area contributed by atoms with Crippen LogP contribution in [0.2, 0.25) is 10.0 Å². The van der Waals surface area contributed by atoms with Crippen molar-refractivity contribution in [3.05, 3.63) is 63.6 Å². The molecule has 0 amide bonds. The molecule has 0 unspecified atom stereocenters. The fourth-order valence-corrected chi connectivity index (χ4v) is 2.50. The van der Waals surface area contributed by atoms with Crippen molar-refractivity contribution in [3.8, 4) is 0 Å². The number of rotatable bonds is 4. The van der Waals surface area contributed by atoms with Gasteiger partial charge >= 0.3 is 0 Å². The number of anilines is 1. The Morgan fingerprint density at radius 2 is 1.68 bits per heavy atom. The van der Waals surface area contributed by atoms with Gasteiger partial charge in [-0.2, -0.15) is 0 Å². The summed E-state index contributed by atoms with van der Waals surface area (Å²) >= 11 is 12.0. The predicted octanol–water partition coefficient (Wildman–Crippen LogP) is 5.73. The highest BCUT2D eigenvalue weighted by Crippen LogP contribution is 2.21. The van der Waals surface area contributed by atoms with Gasteiger partial charge in [0.1, 0.15) is 0 Å². The van der Waals surface area contributed by atoms with Crippen LogP contribution >= 0.6 is 23.2 Å². The van der Waals surface area contributed by atoms with Crippen molar-refractivity contribution in [2.75, 3.05) is 5.32 Å². The summed E-state index contributed by atoms with van der Waals surface area (Å²) in [6.07, 6.45) is 0. The van der Waals surface area contributed by atoms with Crippen LogP contribution in [-0.2, 0) is 6.54 Å². The molecule has 0 saturated carbocycles. The van der Waals surface area contributed by atoms with E-state index in [-0.39, 0.29) is 0 Å². The summed E-state index contributed by atoms with van der Waals surface area (Å²) in [4.78, 5) is 0. The maximum absolute atomic E-state index is 5.99. The quantitative estimate of drug-likeness (QED) is 0.759. The summed E-state index contributed by atoms with van der Waals surface area (Å²) in [5, 5.41) is 4.73. The molecule has 100 valence electrons. The monoisotopic (exact) mass is 293 g/mol. The molecule has 1 N–H and O–H groups in total. The third-order valence-electron chi connectivity index (χ3n) is 2.97. The summed E-state index contributed by atoms with van der Waals surface area (Å²) in [5.41, 5.74) is 3.52. The van der Waals surface area contributed by atoms with E-state index in [1.807, 2.05) is 12.1 Å². The summed E-state index contributed by atoms with van der Waals surface area (Å²) in [6, 6.07) is 14.1. The maximum Gasteiger partial charge on any atom is 0.0424 e. The van der Waals surface area contributed by atoms with Crippen LogP contribution in [0.4, 0.5) is 5.69 Å². The molecule has 0 bridgehead atoms. The fraction of sp³-hybridized carbons (Fsp3) is 0.250. The van der Waals surface area contributed by atoms with E-state index in [0.29, 0.717) is 22.5 Å². The van der Waals surface area contributed by atoms with Gasteiger partial charge in [-0.05, 0) is 47.4 Å². The van der Waals surface area contributed by atoms with E-state index < -0.39 is 0 Å².